The van der Waals surface area contributed by atoms with E-state index in [1.807, 2.05) is 24.3 Å². The number of halogens is 1. The van der Waals surface area contributed by atoms with Gasteiger partial charge >= 0.3 is 0 Å². The van der Waals surface area contributed by atoms with Crippen LogP contribution in [0.15, 0.2) is 28.7 Å². The number of benzene rings is 1. The molecular formula is C12H15BrO. The first kappa shape index (κ1) is 10.0. The Hall–Kier alpha value is -0.500. The highest BCUT2D eigenvalue weighted by atomic mass is 79.9. The normalized spacial score (nSPS) is 25.6. The summed E-state index contributed by atoms with van der Waals surface area (Å²) in [6.45, 7) is 3.18. The lowest BCUT2D eigenvalue weighted by atomic mass is 9.75. The first-order valence-corrected chi connectivity index (χ1v) is 5.93. The molecule has 1 fully saturated rings. The van der Waals surface area contributed by atoms with Crippen molar-refractivity contribution in [3.63, 3.8) is 0 Å². The number of rotatable bonds is 3. The van der Waals surface area contributed by atoms with Crippen molar-refractivity contribution in [3.05, 3.63) is 28.7 Å². The van der Waals surface area contributed by atoms with E-state index < -0.39 is 0 Å². The first-order valence-electron chi connectivity index (χ1n) is 5.14. The van der Waals surface area contributed by atoms with E-state index in [-0.39, 0.29) is 0 Å². The zero-order chi connectivity index (χ0) is 9.97. The maximum atomic E-state index is 5.73. The van der Waals surface area contributed by atoms with E-state index in [2.05, 4.69) is 22.9 Å². The highest BCUT2D eigenvalue weighted by molar-refractivity contribution is 9.10. The molecule has 2 heteroatoms. The maximum absolute atomic E-state index is 5.73. The van der Waals surface area contributed by atoms with E-state index in [9.17, 15) is 0 Å². The SMILES string of the molecule is C[C@@H]1CC[C@H]1COc1cccc(Br)c1. The molecule has 1 aromatic rings. The van der Waals surface area contributed by atoms with Gasteiger partial charge in [-0.3, -0.25) is 0 Å². The summed E-state index contributed by atoms with van der Waals surface area (Å²) in [7, 11) is 0. The van der Waals surface area contributed by atoms with Crippen molar-refractivity contribution in [3.8, 4) is 5.75 Å². The van der Waals surface area contributed by atoms with Crippen LogP contribution >= 0.6 is 15.9 Å². The van der Waals surface area contributed by atoms with Gasteiger partial charge in [0.2, 0.25) is 0 Å². The maximum Gasteiger partial charge on any atom is 0.120 e. The second kappa shape index (κ2) is 4.35. The van der Waals surface area contributed by atoms with Gasteiger partial charge in [0, 0.05) is 4.47 Å². The van der Waals surface area contributed by atoms with Crippen molar-refractivity contribution >= 4 is 15.9 Å². The summed E-state index contributed by atoms with van der Waals surface area (Å²) in [5.74, 6) is 2.59. The third kappa shape index (κ3) is 2.30. The molecule has 0 heterocycles. The molecule has 0 spiro atoms. The van der Waals surface area contributed by atoms with Crippen molar-refractivity contribution in [1.82, 2.24) is 0 Å². The fourth-order valence-corrected chi connectivity index (χ4v) is 2.12. The van der Waals surface area contributed by atoms with Crippen LogP contribution in [0, 0.1) is 11.8 Å². The largest absolute Gasteiger partial charge is 0.493 e. The van der Waals surface area contributed by atoms with Crippen LogP contribution < -0.4 is 4.74 Å². The molecule has 0 N–H and O–H groups in total. The van der Waals surface area contributed by atoms with Gasteiger partial charge < -0.3 is 4.74 Å². The van der Waals surface area contributed by atoms with E-state index >= 15 is 0 Å². The monoisotopic (exact) mass is 254 g/mol. The Bertz CT molecular complexity index is 311. The Kier molecular flexibility index (Phi) is 3.12. The van der Waals surface area contributed by atoms with Gasteiger partial charge in [0.1, 0.15) is 5.75 Å². The van der Waals surface area contributed by atoms with Crippen molar-refractivity contribution in [1.29, 1.82) is 0 Å². The van der Waals surface area contributed by atoms with Crippen LogP contribution in [0.3, 0.4) is 0 Å². The Labute approximate surface area is 93.6 Å². The smallest absolute Gasteiger partial charge is 0.120 e. The van der Waals surface area contributed by atoms with Gasteiger partial charge in [0.05, 0.1) is 6.61 Å². The average Bonchev–Trinajstić information content (AvgIpc) is 2.16. The molecule has 1 saturated carbocycles. The van der Waals surface area contributed by atoms with Crippen LogP contribution in [0.4, 0.5) is 0 Å². The summed E-state index contributed by atoms with van der Waals surface area (Å²) < 4.78 is 6.81. The van der Waals surface area contributed by atoms with Crippen molar-refractivity contribution in [2.24, 2.45) is 11.8 Å². The summed E-state index contributed by atoms with van der Waals surface area (Å²) in [6.07, 6.45) is 2.70. The molecule has 1 aliphatic carbocycles. The van der Waals surface area contributed by atoms with E-state index in [0.717, 1.165) is 28.7 Å². The van der Waals surface area contributed by atoms with Gasteiger partial charge in [-0.2, -0.15) is 0 Å². The topological polar surface area (TPSA) is 9.23 Å². The van der Waals surface area contributed by atoms with Crippen LogP contribution in [0.1, 0.15) is 19.8 Å². The van der Waals surface area contributed by atoms with Gasteiger partial charge in [-0.1, -0.05) is 28.9 Å². The van der Waals surface area contributed by atoms with E-state index in [0.29, 0.717) is 0 Å². The fourth-order valence-electron chi connectivity index (χ4n) is 1.74. The molecule has 0 aromatic heterocycles. The minimum atomic E-state index is 0.772. The van der Waals surface area contributed by atoms with Crippen LogP contribution in [-0.4, -0.2) is 6.61 Å². The van der Waals surface area contributed by atoms with Crippen LogP contribution in [-0.2, 0) is 0 Å². The quantitative estimate of drug-likeness (QED) is 0.796. The number of hydrogen-bond donors (Lipinski definition) is 0. The number of ether oxygens (including phenoxy) is 1. The zero-order valence-corrected chi connectivity index (χ0v) is 9.96. The third-order valence-electron chi connectivity index (χ3n) is 3.06. The molecule has 76 valence electrons. The van der Waals surface area contributed by atoms with Gasteiger partial charge in [0.15, 0.2) is 0 Å². The summed E-state index contributed by atoms with van der Waals surface area (Å²) in [5.41, 5.74) is 0. The van der Waals surface area contributed by atoms with Crippen molar-refractivity contribution in [2.75, 3.05) is 6.61 Å². The Morgan fingerprint density at radius 3 is 2.86 bits per heavy atom. The van der Waals surface area contributed by atoms with Gasteiger partial charge in [-0.15, -0.1) is 0 Å². The predicted molar refractivity (Wildman–Crippen MR) is 61.5 cm³/mol. The minimum Gasteiger partial charge on any atom is -0.493 e. The molecule has 14 heavy (non-hydrogen) atoms. The second-order valence-corrected chi connectivity index (χ2v) is 5.00. The van der Waals surface area contributed by atoms with E-state index in [4.69, 9.17) is 4.74 Å². The highest BCUT2D eigenvalue weighted by Crippen LogP contribution is 2.34. The van der Waals surface area contributed by atoms with E-state index in [1.54, 1.807) is 0 Å². The van der Waals surface area contributed by atoms with Crippen LogP contribution in [0.5, 0.6) is 5.75 Å². The predicted octanol–water partition coefficient (Wildman–Crippen LogP) is 3.87. The summed E-state index contributed by atoms with van der Waals surface area (Å²) in [5, 5.41) is 0. The molecular weight excluding hydrogens is 240 g/mol. The molecule has 0 saturated heterocycles. The molecule has 2 rings (SSSR count). The zero-order valence-electron chi connectivity index (χ0n) is 8.37. The number of hydrogen-bond acceptors (Lipinski definition) is 1. The molecule has 0 unspecified atom stereocenters. The molecule has 0 amide bonds. The Morgan fingerprint density at radius 2 is 2.29 bits per heavy atom. The first-order chi connectivity index (χ1) is 6.75. The summed E-state index contributed by atoms with van der Waals surface area (Å²) in [6, 6.07) is 8.04. The van der Waals surface area contributed by atoms with Gasteiger partial charge in [-0.05, 0) is 42.9 Å². The fraction of sp³-hybridized carbons (Fsp3) is 0.500. The summed E-state index contributed by atoms with van der Waals surface area (Å²) >= 11 is 3.43. The van der Waals surface area contributed by atoms with E-state index in [1.165, 1.54) is 12.8 Å². The lowest BCUT2D eigenvalue weighted by Gasteiger charge is -2.33. The third-order valence-corrected chi connectivity index (χ3v) is 3.55. The average molecular weight is 255 g/mol. The Morgan fingerprint density at radius 1 is 1.43 bits per heavy atom. The lowest BCUT2D eigenvalue weighted by molar-refractivity contribution is 0.116. The molecule has 1 aliphatic rings. The molecule has 0 aliphatic heterocycles. The molecule has 1 nitrogen and oxygen atoms in total. The lowest BCUT2D eigenvalue weighted by Crippen LogP contribution is -2.28. The Balaban J connectivity index is 1.85. The van der Waals surface area contributed by atoms with Crippen molar-refractivity contribution < 1.29 is 4.74 Å². The van der Waals surface area contributed by atoms with Crippen molar-refractivity contribution in [2.45, 2.75) is 19.8 Å². The summed E-state index contributed by atoms with van der Waals surface area (Å²) in [4.78, 5) is 0. The highest BCUT2D eigenvalue weighted by Gasteiger charge is 2.26. The standard InChI is InChI=1S/C12H15BrO/c1-9-5-6-10(9)8-14-12-4-2-3-11(13)7-12/h2-4,7,9-10H,5-6,8H2,1H3/t9-,10+/m1/s1. The van der Waals surface area contributed by atoms with Gasteiger partial charge in [-0.25, -0.2) is 0 Å². The van der Waals surface area contributed by atoms with Crippen LogP contribution in [0.2, 0.25) is 0 Å². The molecule has 1 aromatic carbocycles. The van der Waals surface area contributed by atoms with Gasteiger partial charge in [0.25, 0.3) is 0 Å². The molecule has 0 bridgehead atoms. The molecule has 2 atom stereocenters. The van der Waals surface area contributed by atoms with Crippen LogP contribution in [0.25, 0.3) is 0 Å². The minimum absolute atomic E-state index is 0.772. The second-order valence-electron chi connectivity index (χ2n) is 4.08. The molecule has 0 radical (unpaired) electrons.